The molecule has 2 fully saturated rings. The monoisotopic (exact) mass is 288 g/mol. The molecule has 0 radical (unpaired) electrons. The zero-order chi connectivity index (χ0) is 14.0. The highest BCUT2D eigenvalue weighted by atomic mass is 31.2. The van der Waals surface area contributed by atoms with Crippen LogP contribution in [-0.4, -0.2) is 54.2 Å². The molecule has 0 unspecified atom stereocenters. The van der Waals surface area contributed by atoms with E-state index in [1.54, 1.807) is 6.92 Å². The van der Waals surface area contributed by atoms with Crippen LogP contribution in [0, 0.1) is 0 Å². The number of carbonyl (C=O) groups excluding carboxylic acids is 1. The van der Waals surface area contributed by atoms with Crippen molar-refractivity contribution in [2.24, 2.45) is 0 Å². The van der Waals surface area contributed by atoms with E-state index < -0.39 is 14.6 Å². The van der Waals surface area contributed by atoms with E-state index >= 15 is 0 Å². The third-order valence-electron chi connectivity index (χ3n) is 4.06. The summed E-state index contributed by atoms with van der Waals surface area (Å²) in [5.41, 5.74) is 0. The van der Waals surface area contributed by atoms with Gasteiger partial charge in [-0.3, -0.25) is 0 Å². The molecular weight excluding hydrogens is 263 g/mol. The molecule has 1 heterocycles. The number of fused-ring (bicyclic) bond motifs is 1. The van der Waals surface area contributed by atoms with E-state index in [-0.39, 0.29) is 5.97 Å². The van der Waals surface area contributed by atoms with E-state index in [9.17, 15) is 4.79 Å². The largest absolute Gasteiger partial charge is 0.464 e. The van der Waals surface area contributed by atoms with Crippen molar-refractivity contribution in [1.29, 1.82) is 0 Å². The van der Waals surface area contributed by atoms with Crippen molar-refractivity contribution >= 4 is 14.4 Å². The van der Waals surface area contributed by atoms with E-state index in [2.05, 4.69) is 23.4 Å². The van der Waals surface area contributed by atoms with Gasteiger partial charge in [0, 0.05) is 12.1 Å². The molecule has 5 nitrogen and oxygen atoms in total. The summed E-state index contributed by atoms with van der Waals surface area (Å²) in [4.78, 5) is 11.7. The second-order valence-electron chi connectivity index (χ2n) is 5.32. The second kappa shape index (κ2) is 6.49. The summed E-state index contributed by atoms with van der Waals surface area (Å²) >= 11 is 0. The number of esters is 1. The van der Waals surface area contributed by atoms with Gasteiger partial charge in [-0.2, -0.15) is 0 Å². The minimum Gasteiger partial charge on any atom is -0.464 e. The minimum absolute atomic E-state index is 0.262. The summed E-state index contributed by atoms with van der Waals surface area (Å²) in [5, 5.41) is 0. The Morgan fingerprint density at radius 1 is 1.26 bits per heavy atom. The standard InChI is InChI=1S/C13H25N2O3P/c1-5-17-13(16)10(2)18-19-14(3)11-8-6-7-9-12(11)15(19)4/h10-12H,5-9H2,1-4H3/t10-,11+,12+/m0/s1. The zero-order valence-corrected chi connectivity index (χ0v) is 13.2. The Morgan fingerprint density at radius 2 is 1.79 bits per heavy atom. The number of nitrogens with zero attached hydrogens (tertiary/aromatic N) is 2. The Morgan fingerprint density at radius 3 is 2.26 bits per heavy atom. The lowest BCUT2D eigenvalue weighted by Gasteiger charge is -2.28. The highest BCUT2D eigenvalue weighted by Crippen LogP contribution is 2.56. The van der Waals surface area contributed by atoms with E-state index in [1.807, 2.05) is 6.92 Å². The predicted molar refractivity (Wildman–Crippen MR) is 75.7 cm³/mol. The van der Waals surface area contributed by atoms with Gasteiger partial charge < -0.3 is 9.26 Å². The quantitative estimate of drug-likeness (QED) is 0.587. The lowest BCUT2D eigenvalue weighted by molar-refractivity contribution is -0.150. The second-order valence-corrected chi connectivity index (χ2v) is 7.30. The first kappa shape index (κ1) is 15.2. The van der Waals surface area contributed by atoms with E-state index in [0.29, 0.717) is 18.7 Å². The first-order valence-electron chi connectivity index (χ1n) is 7.15. The van der Waals surface area contributed by atoms with Gasteiger partial charge in [-0.15, -0.1) is 0 Å². The van der Waals surface area contributed by atoms with Gasteiger partial charge in [-0.25, -0.2) is 14.1 Å². The summed E-state index contributed by atoms with van der Waals surface area (Å²) in [7, 11) is 3.41. The first-order chi connectivity index (χ1) is 9.06. The Bertz CT molecular complexity index is 311. The van der Waals surface area contributed by atoms with Gasteiger partial charge in [0.05, 0.1) is 6.61 Å². The van der Waals surface area contributed by atoms with Crippen LogP contribution in [0.3, 0.4) is 0 Å². The highest BCUT2D eigenvalue weighted by molar-refractivity contribution is 7.47. The molecule has 2 aliphatic rings. The van der Waals surface area contributed by atoms with Crippen LogP contribution in [-0.2, 0) is 14.1 Å². The van der Waals surface area contributed by atoms with Crippen LogP contribution in [0.4, 0.5) is 0 Å². The van der Waals surface area contributed by atoms with E-state index in [4.69, 9.17) is 9.26 Å². The molecule has 0 aromatic rings. The number of hydrogen-bond acceptors (Lipinski definition) is 5. The van der Waals surface area contributed by atoms with Crippen molar-refractivity contribution < 1.29 is 14.1 Å². The summed E-state index contributed by atoms with van der Waals surface area (Å²) in [6.07, 6.45) is 4.59. The van der Waals surface area contributed by atoms with Gasteiger partial charge in [0.2, 0.25) is 0 Å². The number of carbonyl (C=O) groups is 1. The molecule has 0 N–H and O–H groups in total. The fraction of sp³-hybridized carbons (Fsp3) is 0.923. The number of ether oxygens (including phenoxy) is 1. The van der Waals surface area contributed by atoms with Crippen molar-refractivity contribution in [1.82, 2.24) is 9.34 Å². The summed E-state index contributed by atoms with van der Waals surface area (Å²) in [6, 6.07) is 1.17. The van der Waals surface area contributed by atoms with Crippen LogP contribution in [0.25, 0.3) is 0 Å². The maximum absolute atomic E-state index is 11.7. The van der Waals surface area contributed by atoms with Crippen LogP contribution < -0.4 is 0 Å². The molecule has 1 saturated heterocycles. The highest BCUT2D eigenvalue weighted by Gasteiger charge is 2.46. The van der Waals surface area contributed by atoms with Crippen LogP contribution in [0.1, 0.15) is 39.5 Å². The molecule has 0 aromatic heterocycles. The van der Waals surface area contributed by atoms with Gasteiger partial charge in [-0.1, -0.05) is 12.8 Å². The number of rotatable bonds is 4. The average molecular weight is 288 g/mol. The molecule has 110 valence electrons. The van der Waals surface area contributed by atoms with Gasteiger partial charge in [0.15, 0.2) is 14.6 Å². The van der Waals surface area contributed by atoms with Crippen molar-refractivity contribution in [3.8, 4) is 0 Å². The Labute approximate surface area is 117 Å². The van der Waals surface area contributed by atoms with Gasteiger partial charge in [-0.05, 0) is 40.8 Å². The van der Waals surface area contributed by atoms with Gasteiger partial charge >= 0.3 is 5.97 Å². The summed E-state index contributed by atoms with van der Waals surface area (Å²) in [5.74, 6) is -0.262. The third-order valence-corrected chi connectivity index (χ3v) is 6.24. The molecule has 1 saturated carbocycles. The molecular formula is C13H25N2O3P. The lowest BCUT2D eigenvalue weighted by atomic mass is 9.91. The molecule has 19 heavy (non-hydrogen) atoms. The van der Waals surface area contributed by atoms with Crippen molar-refractivity contribution in [3.63, 3.8) is 0 Å². The zero-order valence-electron chi connectivity index (χ0n) is 12.3. The Kier molecular flexibility index (Phi) is 5.18. The molecule has 0 bridgehead atoms. The SMILES string of the molecule is CCOC(=O)[C@H](C)OP1N(C)[C@@H]2CCCC[C@H]2N1C. The van der Waals surface area contributed by atoms with Crippen LogP contribution in [0.5, 0.6) is 0 Å². The topological polar surface area (TPSA) is 42.0 Å². The maximum Gasteiger partial charge on any atom is 0.335 e. The molecule has 2 rings (SSSR count). The molecule has 3 atom stereocenters. The molecule has 1 aliphatic heterocycles. The molecule has 0 aromatic carbocycles. The van der Waals surface area contributed by atoms with Crippen molar-refractivity contribution in [3.05, 3.63) is 0 Å². The number of likely N-dealkylation sites (N-methyl/N-ethyl adjacent to an activating group) is 2. The Hall–Kier alpha value is -0.220. The predicted octanol–water partition coefficient (Wildman–Crippen LogP) is 2.37. The molecule has 1 aliphatic carbocycles. The fourth-order valence-corrected chi connectivity index (χ4v) is 5.19. The fourth-order valence-electron chi connectivity index (χ4n) is 3.03. The maximum atomic E-state index is 11.7. The average Bonchev–Trinajstić information content (AvgIpc) is 2.65. The normalized spacial score (nSPS) is 31.2. The Balaban J connectivity index is 1.98. The van der Waals surface area contributed by atoms with Crippen molar-refractivity contribution in [2.75, 3.05) is 20.7 Å². The van der Waals surface area contributed by atoms with Crippen molar-refractivity contribution in [2.45, 2.75) is 57.7 Å². The summed E-state index contributed by atoms with van der Waals surface area (Å²) < 4.78 is 15.7. The van der Waals surface area contributed by atoms with Gasteiger partial charge in [0.25, 0.3) is 0 Å². The summed E-state index contributed by atoms with van der Waals surface area (Å²) in [6.45, 7) is 4.00. The van der Waals surface area contributed by atoms with E-state index in [0.717, 1.165) is 0 Å². The molecule has 0 amide bonds. The van der Waals surface area contributed by atoms with Gasteiger partial charge in [0.1, 0.15) is 0 Å². The third kappa shape index (κ3) is 3.10. The van der Waals surface area contributed by atoms with Crippen LogP contribution in [0.15, 0.2) is 0 Å². The number of hydrogen-bond donors (Lipinski definition) is 0. The molecule has 0 spiro atoms. The van der Waals surface area contributed by atoms with E-state index in [1.165, 1.54) is 25.7 Å². The van der Waals surface area contributed by atoms with Crippen LogP contribution >= 0.6 is 8.45 Å². The molecule has 6 heteroatoms. The smallest absolute Gasteiger partial charge is 0.335 e. The van der Waals surface area contributed by atoms with Crippen LogP contribution in [0.2, 0.25) is 0 Å². The minimum atomic E-state index is -0.835. The first-order valence-corrected chi connectivity index (χ1v) is 8.31. The lowest BCUT2D eigenvalue weighted by Crippen LogP contribution is -2.37.